The highest BCUT2D eigenvalue weighted by molar-refractivity contribution is 6.31. The first-order valence-electron chi connectivity index (χ1n) is 6.44. The van der Waals surface area contributed by atoms with E-state index < -0.39 is 0 Å². The molecular weight excluding hydrogens is 272 g/mol. The highest BCUT2D eigenvalue weighted by Crippen LogP contribution is 2.18. The minimum Gasteiger partial charge on any atom is -0.303 e. The first-order valence-corrected chi connectivity index (χ1v) is 6.82. The second-order valence-corrected chi connectivity index (χ2v) is 4.99. The van der Waals surface area contributed by atoms with Crippen LogP contribution in [0.25, 0.3) is 5.52 Å². The lowest BCUT2D eigenvalue weighted by atomic mass is 10.1. The molecule has 0 aliphatic rings. The Morgan fingerprint density at radius 3 is 2.70 bits per heavy atom. The van der Waals surface area contributed by atoms with Crippen LogP contribution >= 0.6 is 11.6 Å². The predicted molar refractivity (Wildman–Crippen MR) is 79.4 cm³/mol. The summed E-state index contributed by atoms with van der Waals surface area (Å²) in [7, 11) is 0. The van der Waals surface area contributed by atoms with Crippen LogP contribution in [0.1, 0.15) is 21.9 Å². The fraction of sp³-hybridized carbons (Fsp3) is 0.125. The Balaban J connectivity index is 1.92. The van der Waals surface area contributed by atoms with Crippen molar-refractivity contribution in [1.82, 2.24) is 9.38 Å². The summed E-state index contributed by atoms with van der Waals surface area (Å²) in [5.41, 5.74) is 2.42. The zero-order chi connectivity index (χ0) is 13.9. The third-order valence-electron chi connectivity index (χ3n) is 3.34. The van der Waals surface area contributed by atoms with Crippen molar-refractivity contribution >= 4 is 23.4 Å². The molecule has 20 heavy (non-hydrogen) atoms. The summed E-state index contributed by atoms with van der Waals surface area (Å²) in [6, 6.07) is 13.5. The Hall–Kier alpha value is -2.13. The summed E-state index contributed by atoms with van der Waals surface area (Å²) in [6.45, 7) is 0. The van der Waals surface area contributed by atoms with Gasteiger partial charge in [-0.15, -0.1) is 0 Å². The summed E-state index contributed by atoms with van der Waals surface area (Å²) < 4.78 is 1.96. The molecule has 0 atom stereocenters. The van der Waals surface area contributed by atoms with Crippen molar-refractivity contribution in [3.8, 4) is 0 Å². The molecular formula is C16H13ClN2O. The summed E-state index contributed by atoms with van der Waals surface area (Å²) in [6.07, 6.45) is 4.26. The number of rotatable bonds is 4. The van der Waals surface area contributed by atoms with Crippen LogP contribution in [0.3, 0.4) is 0 Å². The monoisotopic (exact) mass is 284 g/mol. The number of nitrogens with zero attached hydrogens (tertiary/aromatic N) is 2. The van der Waals surface area contributed by atoms with Crippen molar-refractivity contribution in [3.05, 3.63) is 70.8 Å². The second-order valence-electron chi connectivity index (χ2n) is 4.58. The Morgan fingerprint density at radius 1 is 1.10 bits per heavy atom. The average molecular weight is 285 g/mol. The average Bonchev–Trinajstić information content (AvgIpc) is 2.85. The number of benzene rings is 1. The number of hydrogen-bond acceptors (Lipinski definition) is 2. The highest BCUT2D eigenvalue weighted by Gasteiger charge is 2.10. The number of imidazole rings is 1. The number of aromatic nitrogens is 2. The van der Waals surface area contributed by atoms with E-state index in [-0.39, 0.29) is 0 Å². The fourth-order valence-electron chi connectivity index (χ4n) is 2.34. The van der Waals surface area contributed by atoms with Crippen LogP contribution in [-0.4, -0.2) is 15.7 Å². The predicted octanol–water partition coefficient (Wildman–Crippen LogP) is 3.59. The van der Waals surface area contributed by atoms with Crippen LogP contribution < -0.4 is 0 Å². The van der Waals surface area contributed by atoms with Gasteiger partial charge in [-0.3, -0.25) is 4.79 Å². The van der Waals surface area contributed by atoms with Crippen molar-refractivity contribution in [3.63, 3.8) is 0 Å². The van der Waals surface area contributed by atoms with Gasteiger partial charge in [0.15, 0.2) is 6.29 Å². The van der Waals surface area contributed by atoms with E-state index in [0.717, 1.165) is 41.1 Å². The third-order valence-corrected chi connectivity index (χ3v) is 3.71. The molecule has 1 aromatic carbocycles. The summed E-state index contributed by atoms with van der Waals surface area (Å²) in [5.74, 6) is 0.877. The quantitative estimate of drug-likeness (QED) is 0.686. The zero-order valence-electron chi connectivity index (χ0n) is 10.8. The molecule has 0 aliphatic heterocycles. The number of carbonyl (C=O) groups excluding carboxylic acids is 1. The first kappa shape index (κ1) is 12.9. The maximum absolute atomic E-state index is 11.1. The molecule has 3 rings (SSSR count). The van der Waals surface area contributed by atoms with Gasteiger partial charge < -0.3 is 4.40 Å². The lowest BCUT2D eigenvalue weighted by molar-refractivity contribution is 0.112. The highest BCUT2D eigenvalue weighted by atomic mass is 35.5. The van der Waals surface area contributed by atoms with E-state index in [2.05, 4.69) is 4.98 Å². The van der Waals surface area contributed by atoms with Crippen molar-refractivity contribution in [1.29, 1.82) is 0 Å². The molecule has 0 fully saturated rings. The number of fused-ring (bicyclic) bond motifs is 1. The van der Waals surface area contributed by atoms with Crippen LogP contribution in [0.15, 0.2) is 48.7 Å². The molecule has 0 saturated carbocycles. The van der Waals surface area contributed by atoms with E-state index >= 15 is 0 Å². The molecule has 3 aromatic rings. The zero-order valence-corrected chi connectivity index (χ0v) is 11.5. The molecule has 100 valence electrons. The Labute approximate surface area is 121 Å². The number of hydrogen-bond donors (Lipinski definition) is 0. The maximum atomic E-state index is 11.1. The van der Waals surface area contributed by atoms with Gasteiger partial charge in [0.05, 0.1) is 5.52 Å². The summed E-state index contributed by atoms with van der Waals surface area (Å²) >= 11 is 6.16. The van der Waals surface area contributed by atoms with Crippen LogP contribution in [0.4, 0.5) is 0 Å². The Bertz CT molecular complexity index is 764. The molecule has 2 heterocycles. The normalized spacial score (nSPS) is 10.8. The number of carbonyl (C=O) groups is 1. The molecule has 0 spiro atoms. The maximum Gasteiger partial charge on any atom is 0.170 e. The van der Waals surface area contributed by atoms with Crippen LogP contribution in [0.2, 0.25) is 5.02 Å². The minimum absolute atomic E-state index is 0.486. The van der Waals surface area contributed by atoms with E-state index in [1.54, 1.807) is 0 Å². The van der Waals surface area contributed by atoms with Gasteiger partial charge in [0, 0.05) is 17.6 Å². The van der Waals surface area contributed by atoms with Crippen LogP contribution in [0, 0.1) is 0 Å². The van der Waals surface area contributed by atoms with Gasteiger partial charge in [0.25, 0.3) is 0 Å². The molecule has 0 radical (unpaired) electrons. The molecule has 4 heteroatoms. The second kappa shape index (κ2) is 5.47. The molecule has 0 aliphatic carbocycles. The number of aldehydes is 1. The standard InChI is InChI=1S/C16H13ClN2O/c17-13-6-2-1-5-12(13)8-9-16-18-14(11-20)15-7-3-4-10-19(15)16/h1-7,10-11H,8-9H2. The molecule has 0 N–H and O–H groups in total. The van der Waals surface area contributed by atoms with Crippen molar-refractivity contribution in [2.45, 2.75) is 12.8 Å². The largest absolute Gasteiger partial charge is 0.303 e. The van der Waals surface area contributed by atoms with Gasteiger partial charge in [-0.25, -0.2) is 4.98 Å². The molecule has 0 bridgehead atoms. The van der Waals surface area contributed by atoms with Crippen molar-refractivity contribution in [2.75, 3.05) is 0 Å². The summed E-state index contributed by atoms with van der Waals surface area (Å²) in [4.78, 5) is 15.5. The lowest BCUT2D eigenvalue weighted by Crippen LogP contribution is -1.98. The third kappa shape index (κ3) is 2.32. The topological polar surface area (TPSA) is 34.4 Å². The fourth-order valence-corrected chi connectivity index (χ4v) is 2.57. The van der Waals surface area contributed by atoms with E-state index in [9.17, 15) is 4.79 Å². The molecule has 0 amide bonds. The van der Waals surface area contributed by atoms with E-state index in [4.69, 9.17) is 11.6 Å². The molecule has 0 saturated heterocycles. The molecule has 2 aromatic heterocycles. The van der Waals surface area contributed by atoms with Crippen LogP contribution in [-0.2, 0) is 12.8 Å². The van der Waals surface area contributed by atoms with Gasteiger partial charge in [0.1, 0.15) is 11.5 Å². The van der Waals surface area contributed by atoms with Crippen LogP contribution in [0.5, 0.6) is 0 Å². The van der Waals surface area contributed by atoms with Gasteiger partial charge in [-0.05, 0) is 30.2 Å². The summed E-state index contributed by atoms with van der Waals surface area (Å²) in [5, 5.41) is 0.768. The number of pyridine rings is 1. The SMILES string of the molecule is O=Cc1nc(CCc2ccccc2Cl)n2ccccc12. The van der Waals surface area contributed by atoms with Gasteiger partial charge in [-0.1, -0.05) is 35.9 Å². The molecule has 3 nitrogen and oxygen atoms in total. The Morgan fingerprint density at radius 2 is 1.90 bits per heavy atom. The van der Waals surface area contributed by atoms with E-state index in [1.165, 1.54) is 0 Å². The lowest BCUT2D eigenvalue weighted by Gasteiger charge is -2.03. The van der Waals surface area contributed by atoms with Gasteiger partial charge in [-0.2, -0.15) is 0 Å². The number of aryl methyl sites for hydroxylation is 2. The first-order chi connectivity index (χ1) is 9.79. The van der Waals surface area contributed by atoms with Gasteiger partial charge >= 0.3 is 0 Å². The Kier molecular flexibility index (Phi) is 3.52. The van der Waals surface area contributed by atoms with E-state index in [0.29, 0.717) is 5.69 Å². The minimum atomic E-state index is 0.486. The van der Waals surface area contributed by atoms with Gasteiger partial charge in [0.2, 0.25) is 0 Å². The molecule has 0 unspecified atom stereocenters. The number of halogens is 1. The smallest absolute Gasteiger partial charge is 0.170 e. The van der Waals surface area contributed by atoms with Crippen molar-refractivity contribution < 1.29 is 4.79 Å². The van der Waals surface area contributed by atoms with Crippen molar-refractivity contribution in [2.24, 2.45) is 0 Å². The van der Waals surface area contributed by atoms with E-state index in [1.807, 2.05) is 53.1 Å².